The molecule has 0 aromatic carbocycles. The van der Waals surface area contributed by atoms with E-state index in [-0.39, 0.29) is 0 Å². The summed E-state index contributed by atoms with van der Waals surface area (Å²) in [6.45, 7) is 8.52. The maximum atomic E-state index is 3.91. The molecule has 2 atom stereocenters. The van der Waals surface area contributed by atoms with Gasteiger partial charge in [-0.3, -0.25) is 0 Å². The molecule has 2 saturated carbocycles. The number of rotatable bonds is 6. The predicted octanol–water partition coefficient (Wildman–Crippen LogP) is 5.15. The van der Waals surface area contributed by atoms with Gasteiger partial charge in [-0.2, -0.15) is 0 Å². The summed E-state index contributed by atoms with van der Waals surface area (Å²) in [7, 11) is 0. The van der Waals surface area contributed by atoms with Crippen LogP contribution in [0.4, 0.5) is 0 Å². The molecule has 0 radical (unpaired) electrons. The molecule has 2 aliphatic carbocycles. The van der Waals surface area contributed by atoms with Crippen LogP contribution in [-0.4, -0.2) is 12.6 Å². The largest absolute Gasteiger partial charge is 0.314 e. The Bertz CT molecular complexity index is 252. The molecular formula is C18H35N. The second-order valence-corrected chi connectivity index (χ2v) is 7.79. The van der Waals surface area contributed by atoms with Gasteiger partial charge in [0.15, 0.2) is 0 Å². The first-order chi connectivity index (χ1) is 9.13. The lowest BCUT2D eigenvalue weighted by atomic mass is 9.73. The summed E-state index contributed by atoms with van der Waals surface area (Å²) in [5, 5.41) is 3.91. The Hall–Kier alpha value is -0.0400. The van der Waals surface area contributed by atoms with Gasteiger partial charge in [0.25, 0.3) is 0 Å². The molecule has 2 fully saturated rings. The lowest BCUT2D eigenvalue weighted by molar-refractivity contribution is 0.164. The van der Waals surface area contributed by atoms with Gasteiger partial charge in [-0.25, -0.2) is 0 Å². The Morgan fingerprint density at radius 1 is 1.05 bits per heavy atom. The highest BCUT2D eigenvalue weighted by molar-refractivity contribution is 4.93. The summed E-state index contributed by atoms with van der Waals surface area (Å²) in [6.07, 6.45) is 14.5. The third-order valence-corrected chi connectivity index (χ3v) is 5.79. The van der Waals surface area contributed by atoms with Crippen molar-refractivity contribution in [1.82, 2.24) is 5.32 Å². The van der Waals surface area contributed by atoms with Gasteiger partial charge in [-0.15, -0.1) is 0 Å². The van der Waals surface area contributed by atoms with E-state index in [1.165, 1.54) is 70.8 Å². The maximum absolute atomic E-state index is 3.91. The first-order valence-corrected chi connectivity index (χ1v) is 8.87. The zero-order chi connectivity index (χ0) is 13.7. The zero-order valence-corrected chi connectivity index (χ0v) is 13.5. The van der Waals surface area contributed by atoms with Crippen molar-refractivity contribution in [2.75, 3.05) is 6.54 Å². The van der Waals surface area contributed by atoms with Crippen molar-refractivity contribution < 1.29 is 0 Å². The Morgan fingerprint density at radius 2 is 1.79 bits per heavy atom. The topological polar surface area (TPSA) is 12.0 Å². The van der Waals surface area contributed by atoms with Crippen LogP contribution >= 0.6 is 0 Å². The van der Waals surface area contributed by atoms with E-state index in [9.17, 15) is 0 Å². The predicted molar refractivity (Wildman–Crippen MR) is 84.4 cm³/mol. The summed E-state index contributed by atoms with van der Waals surface area (Å²) in [4.78, 5) is 0. The SMILES string of the molecule is CCCNC(CC1CCCCC1)C1CCCC1(C)C. The third kappa shape index (κ3) is 4.21. The van der Waals surface area contributed by atoms with Crippen LogP contribution in [-0.2, 0) is 0 Å². The first kappa shape index (κ1) is 15.4. The highest BCUT2D eigenvalue weighted by Gasteiger charge is 2.39. The monoisotopic (exact) mass is 265 g/mol. The highest BCUT2D eigenvalue weighted by atomic mass is 14.9. The van der Waals surface area contributed by atoms with Gasteiger partial charge >= 0.3 is 0 Å². The highest BCUT2D eigenvalue weighted by Crippen LogP contribution is 2.46. The van der Waals surface area contributed by atoms with Crippen molar-refractivity contribution in [3.8, 4) is 0 Å². The van der Waals surface area contributed by atoms with Crippen LogP contribution in [0.15, 0.2) is 0 Å². The van der Waals surface area contributed by atoms with Crippen LogP contribution in [0.1, 0.15) is 85.0 Å². The molecule has 0 aromatic heterocycles. The van der Waals surface area contributed by atoms with Gasteiger partial charge in [0.1, 0.15) is 0 Å². The summed E-state index contributed by atoms with van der Waals surface area (Å²) in [5.74, 6) is 1.93. The summed E-state index contributed by atoms with van der Waals surface area (Å²) in [5.41, 5.74) is 0.570. The third-order valence-electron chi connectivity index (χ3n) is 5.79. The normalized spacial score (nSPS) is 29.5. The number of hydrogen-bond donors (Lipinski definition) is 1. The molecule has 1 N–H and O–H groups in total. The number of hydrogen-bond acceptors (Lipinski definition) is 1. The molecule has 2 aliphatic rings. The maximum Gasteiger partial charge on any atom is 0.0103 e. The van der Waals surface area contributed by atoms with Gasteiger partial charge < -0.3 is 5.32 Å². The van der Waals surface area contributed by atoms with Gasteiger partial charge in [0.05, 0.1) is 0 Å². The van der Waals surface area contributed by atoms with E-state index in [1.54, 1.807) is 0 Å². The Labute approximate surface area is 120 Å². The minimum atomic E-state index is 0.570. The van der Waals surface area contributed by atoms with Crippen molar-refractivity contribution in [2.24, 2.45) is 17.3 Å². The lowest BCUT2D eigenvalue weighted by Gasteiger charge is -2.37. The molecule has 1 nitrogen and oxygen atoms in total. The average molecular weight is 265 g/mol. The zero-order valence-electron chi connectivity index (χ0n) is 13.5. The molecule has 1 heteroatoms. The molecule has 0 heterocycles. The second kappa shape index (κ2) is 7.11. The minimum Gasteiger partial charge on any atom is -0.314 e. The van der Waals surface area contributed by atoms with Crippen molar-refractivity contribution >= 4 is 0 Å². The van der Waals surface area contributed by atoms with E-state index >= 15 is 0 Å². The van der Waals surface area contributed by atoms with Crippen molar-refractivity contribution in [1.29, 1.82) is 0 Å². The molecule has 2 rings (SSSR count). The van der Waals surface area contributed by atoms with Gasteiger partial charge in [0.2, 0.25) is 0 Å². The van der Waals surface area contributed by atoms with Crippen LogP contribution in [0.3, 0.4) is 0 Å². The fourth-order valence-electron chi connectivity index (χ4n) is 4.60. The molecule has 2 unspecified atom stereocenters. The van der Waals surface area contributed by atoms with Gasteiger partial charge in [0, 0.05) is 6.04 Å². The Morgan fingerprint density at radius 3 is 2.37 bits per heavy atom. The molecular weight excluding hydrogens is 230 g/mol. The van der Waals surface area contributed by atoms with E-state index in [4.69, 9.17) is 0 Å². The lowest BCUT2D eigenvalue weighted by Crippen LogP contribution is -2.42. The van der Waals surface area contributed by atoms with Crippen LogP contribution in [0.5, 0.6) is 0 Å². The fourth-order valence-corrected chi connectivity index (χ4v) is 4.60. The summed E-state index contributed by atoms with van der Waals surface area (Å²) < 4.78 is 0. The summed E-state index contributed by atoms with van der Waals surface area (Å²) in [6, 6.07) is 0.792. The molecule has 0 saturated heterocycles. The summed E-state index contributed by atoms with van der Waals surface area (Å²) >= 11 is 0. The fraction of sp³-hybridized carbons (Fsp3) is 1.00. The smallest absolute Gasteiger partial charge is 0.0103 e. The molecule has 0 amide bonds. The average Bonchev–Trinajstić information content (AvgIpc) is 2.75. The van der Waals surface area contributed by atoms with Crippen LogP contribution < -0.4 is 5.32 Å². The molecule has 19 heavy (non-hydrogen) atoms. The van der Waals surface area contributed by atoms with E-state index in [2.05, 4.69) is 26.1 Å². The minimum absolute atomic E-state index is 0.570. The standard InChI is InChI=1S/C18H35N/c1-4-13-19-17(14-15-9-6-5-7-10-15)16-11-8-12-18(16,2)3/h15-17,19H,4-14H2,1-3H3. The van der Waals surface area contributed by atoms with Gasteiger partial charge in [-0.1, -0.05) is 59.3 Å². The Balaban J connectivity index is 1.94. The second-order valence-electron chi connectivity index (χ2n) is 7.79. The molecule has 0 bridgehead atoms. The van der Waals surface area contributed by atoms with Crippen molar-refractivity contribution in [3.63, 3.8) is 0 Å². The molecule has 0 aliphatic heterocycles. The van der Waals surface area contributed by atoms with Crippen LogP contribution in [0, 0.1) is 17.3 Å². The van der Waals surface area contributed by atoms with E-state index in [1.807, 2.05) is 0 Å². The van der Waals surface area contributed by atoms with Crippen molar-refractivity contribution in [3.05, 3.63) is 0 Å². The van der Waals surface area contributed by atoms with E-state index in [0.29, 0.717) is 5.41 Å². The van der Waals surface area contributed by atoms with E-state index in [0.717, 1.165) is 17.9 Å². The van der Waals surface area contributed by atoms with Crippen LogP contribution in [0.2, 0.25) is 0 Å². The molecule has 0 spiro atoms. The first-order valence-electron chi connectivity index (χ1n) is 8.87. The number of nitrogens with one attached hydrogen (secondary N) is 1. The quantitative estimate of drug-likeness (QED) is 0.700. The molecule has 112 valence electrons. The van der Waals surface area contributed by atoms with E-state index < -0.39 is 0 Å². The van der Waals surface area contributed by atoms with Crippen LogP contribution in [0.25, 0.3) is 0 Å². The Kier molecular flexibility index (Phi) is 5.74. The molecule has 0 aromatic rings. The van der Waals surface area contributed by atoms with Gasteiger partial charge in [-0.05, 0) is 49.5 Å². The van der Waals surface area contributed by atoms with Crippen molar-refractivity contribution in [2.45, 2.75) is 91.0 Å².